The third kappa shape index (κ3) is 5.90. The highest BCUT2D eigenvalue weighted by Gasteiger charge is 2.21. The standard InChI is InChI=1S/C15H30N4O2/c1-13(10-16)11-18-4-6-19(7-5-18)12-15(20)17-14-2-8-21-9-3-14/h13-14H,2-12,16H2,1H3,(H,17,20). The molecule has 1 atom stereocenters. The fraction of sp³-hybridized carbons (Fsp3) is 0.933. The molecular formula is C15H30N4O2. The Bertz CT molecular complexity index is 313. The highest BCUT2D eigenvalue weighted by molar-refractivity contribution is 5.78. The predicted octanol–water partition coefficient (Wildman–Crippen LogP) is -0.506. The summed E-state index contributed by atoms with van der Waals surface area (Å²) in [6.45, 7) is 10.1. The molecule has 2 aliphatic heterocycles. The number of piperazine rings is 1. The summed E-state index contributed by atoms with van der Waals surface area (Å²) in [4.78, 5) is 16.8. The Balaban J connectivity index is 1.62. The second-order valence-electron chi connectivity index (χ2n) is 6.37. The van der Waals surface area contributed by atoms with Gasteiger partial charge in [-0.15, -0.1) is 0 Å². The Labute approximate surface area is 128 Å². The van der Waals surface area contributed by atoms with Crippen LogP contribution in [0.2, 0.25) is 0 Å². The summed E-state index contributed by atoms with van der Waals surface area (Å²) in [6, 6.07) is 0.304. The van der Waals surface area contributed by atoms with Crippen LogP contribution in [0.3, 0.4) is 0 Å². The molecule has 3 N–H and O–H groups in total. The lowest BCUT2D eigenvalue weighted by molar-refractivity contribution is -0.124. The maximum absolute atomic E-state index is 12.1. The molecule has 2 aliphatic rings. The van der Waals surface area contributed by atoms with Crippen molar-refractivity contribution in [2.24, 2.45) is 11.7 Å². The second-order valence-corrected chi connectivity index (χ2v) is 6.37. The highest BCUT2D eigenvalue weighted by atomic mass is 16.5. The first-order valence-electron chi connectivity index (χ1n) is 8.19. The minimum atomic E-state index is 0.158. The SMILES string of the molecule is CC(CN)CN1CCN(CC(=O)NC2CCOCC2)CC1. The zero-order chi connectivity index (χ0) is 15.1. The first kappa shape index (κ1) is 16.7. The van der Waals surface area contributed by atoms with E-state index in [4.69, 9.17) is 10.5 Å². The molecule has 1 amide bonds. The van der Waals surface area contributed by atoms with Crippen molar-refractivity contribution in [2.45, 2.75) is 25.8 Å². The van der Waals surface area contributed by atoms with Gasteiger partial charge in [-0.3, -0.25) is 9.69 Å². The van der Waals surface area contributed by atoms with Crippen molar-refractivity contribution in [1.82, 2.24) is 15.1 Å². The average molecular weight is 298 g/mol. The van der Waals surface area contributed by atoms with Gasteiger partial charge in [0.15, 0.2) is 0 Å². The molecule has 1 unspecified atom stereocenters. The van der Waals surface area contributed by atoms with Gasteiger partial charge in [0.2, 0.25) is 5.91 Å². The van der Waals surface area contributed by atoms with Crippen LogP contribution >= 0.6 is 0 Å². The van der Waals surface area contributed by atoms with E-state index in [9.17, 15) is 4.79 Å². The third-order valence-corrected chi connectivity index (χ3v) is 4.39. The smallest absolute Gasteiger partial charge is 0.234 e. The third-order valence-electron chi connectivity index (χ3n) is 4.39. The molecule has 2 saturated heterocycles. The monoisotopic (exact) mass is 298 g/mol. The fourth-order valence-corrected chi connectivity index (χ4v) is 2.96. The van der Waals surface area contributed by atoms with Gasteiger partial charge in [-0.1, -0.05) is 6.92 Å². The molecule has 0 spiro atoms. The predicted molar refractivity (Wildman–Crippen MR) is 83.1 cm³/mol. The van der Waals surface area contributed by atoms with Gasteiger partial charge in [-0.2, -0.15) is 0 Å². The fourth-order valence-electron chi connectivity index (χ4n) is 2.96. The molecule has 0 aromatic heterocycles. The number of carbonyl (C=O) groups is 1. The largest absolute Gasteiger partial charge is 0.381 e. The van der Waals surface area contributed by atoms with Crippen molar-refractivity contribution >= 4 is 5.91 Å². The molecular weight excluding hydrogens is 268 g/mol. The average Bonchev–Trinajstić information content (AvgIpc) is 2.50. The summed E-state index contributed by atoms with van der Waals surface area (Å²) in [5.74, 6) is 0.707. The molecule has 122 valence electrons. The van der Waals surface area contributed by atoms with Crippen LogP contribution in [0.25, 0.3) is 0 Å². The van der Waals surface area contributed by atoms with E-state index < -0.39 is 0 Å². The molecule has 0 aromatic rings. The van der Waals surface area contributed by atoms with Crippen molar-refractivity contribution in [3.8, 4) is 0 Å². The van der Waals surface area contributed by atoms with Gasteiger partial charge < -0.3 is 20.7 Å². The van der Waals surface area contributed by atoms with Crippen LogP contribution < -0.4 is 11.1 Å². The van der Waals surface area contributed by atoms with E-state index in [0.29, 0.717) is 18.5 Å². The quantitative estimate of drug-likeness (QED) is 0.691. The topological polar surface area (TPSA) is 70.8 Å². The van der Waals surface area contributed by atoms with E-state index in [1.54, 1.807) is 0 Å². The van der Waals surface area contributed by atoms with Crippen LogP contribution in [0.15, 0.2) is 0 Å². The van der Waals surface area contributed by atoms with Crippen LogP contribution in [0.5, 0.6) is 0 Å². The van der Waals surface area contributed by atoms with Gasteiger partial charge in [0.25, 0.3) is 0 Å². The molecule has 6 nitrogen and oxygen atoms in total. The van der Waals surface area contributed by atoms with E-state index in [2.05, 4.69) is 22.0 Å². The van der Waals surface area contributed by atoms with E-state index in [1.165, 1.54) is 0 Å². The molecule has 2 heterocycles. The van der Waals surface area contributed by atoms with Crippen LogP contribution in [0, 0.1) is 5.92 Å². The zero-order valence-corrected chi connectivity index (χ0v) is 13.2. The number of hydrogen-bond donors (Lipinski definition) is 2. The van der Waals surface area contributed by atoms with Crippen LogP contribution in [-0.4, -0.2) is 80.8 Å². The number of ether oxygens (including phenoxy) is 1. The zero-order valence-electron chi connectivity index (χ0n) is 13.2. The van der Waals surface area contributed by atoms with Crippen LogP contribution in [0.4, 0.5) is 0 Å². The lowest BCUT2D eigenvalue weighted by atomic mass is 10.1. The Morgan fingerprint density at radius 3 is 2.48 bits per heavy atom. The summed E-state index contributed by atoms with van der Waals surface area (Å²) < 4.78 is 5.31. The maximum atomic E-state index is 12.1. The van der Waals surface area contributed by atoms with Gasteiger partial charge in [0.1, 0.15) is 0 Å². The molecule has 2 rings (SSSR count). The lowest BCUT2D eigenvalue weighted by Crippen LogP contribution is -2.51. The van der Waals surface area contributed by atoms with E-state index >= 15 is 0 Å². The van der Waals surface area contributed by atoms with E-state index in [1.807, 2.05) is 0 Å². The van der Waals surface area contributed by atoms with Crippen molar-refractivity contribution in [1.29, 1.82) is 0 Å². The normalized spacial score (nSPS) is 23.9. The van der Waals surface area contributed by atoms with E-state index in [-0.39, 0.29) is 5.91 Å². The summed E-state index contributed by atoms with van der Waals surface area (Å²) in [5.41, 5.74) is 5.67. The minimum absolute atomic E-state index is 0.158. The van der Waals surface area contributed by atoms with Gasteiger partial charge >= 0.3 is 0 Å². The Hall–Kier alpha value is -0.690. The van der Waals surface area contributed by atoms with Gasteiger partial charge in [-0.25, -0.2) is 0 Å². The van der Waals surface area contributed by atoms with Gasteiger partial charge in [0, 0.05) is 52.0 Å². The maximum Gasteiger partial charge on any atom is 0.234 e. The number of rotatable bonds is 6. The molecule has 0 aromatic carbocycles. The Kier molecular flexibility index (Phi) is 6.89. The molecule has 0 bridgehead atoms. The molecule has 6 heteroatoms. The number of hydrogen-bond acceptors (Lipinski definition) is 5. The van der Waals surface area contributed by atoms with Crippen molar-refractivity contribution in [3.05, 3.63) is 0 Å². The van der Waals surface area contributed by atoms with Gasteiger partial charge in [0.05, 0.1) is 6.54 Å². The number of nitrogens with zero attached hydrogens (tertiary/aromatic N) is 2. The molecule has 0 saturated carbocycles. The summed E-state index contributed by atoms with van der Waals surface area (Å²) in [5, 5.41) is 3.13. The Morgan fingerprint density at radius 1 is 1.24 bits per heavy atom. The van der Waals surface area contributed by atoms with Crippen molar-refractivity contribution in [2.75, 3.05) is 59.0 Å². The number of carbonyl (C=O) groups excluding carboxylic acids is 1. The molecule has 21 heavy (non-hydrogen) atoms. The molecule has 0 radical (unpaired) electrons. The van der Waals surface area contributed by atoms with Crippen LogP contribution in [-0.2, 0) is 9.53 Å². The number of nitrogens with one attached hydrogen (secondary N) is 1. The van der Waals surface area contributed by atoms with Crippen LogP contribution in [0.1, 0.15) is 19.8 Å². The first-order valence-corrected chi connectivity index (χ1v) is 8.19. The number of nitrogens with two attached hydrogens (primary N) is 1. The van der Waals surface area contributed by atoms with Crippen molar-refractivity contribution in [3.63, 3.8) is 0 Å². The summed E-state index contributed by atoms with van der Waals surface area (Å²) in [7, 11) is 0. The first-order chi connectivity index (χ1) is 10.2. The molecule has 0 aliphatic carbocycles. The van der Waals surface area contributed by atoms with E-state index in [0.717, 1.165) is 65.3 Å². The highest BCUT2D eigenvalue weighted by Crippen LogP contribution is 2.07. The van der Waals surface area contributed by atoms with Gasteiger partial charge in [-0.05, 0) is 25.3 Å². The number of amides is 1. The lowest BCUT2D eigenvalue weighted by Gasteiger charge is -2.35. The summed E-state index contributed by atoms with van der Waals surface area (Å²) >= 11 is 0. The minimum Gasteiger partial charge on any atom is -0.381 e. The van der Waals surface area contributed by atoms with Crippen molar-refractivity contribution < 1.29 is 9.53 Å². The molecule has 2 fully saturated rings. The second kappa shape index (κ2) is 8.68. The summed E-state index contributed by atoms with van der Waals surface area (Å²) in [6.07, 6.45) is 1.88. The Morgan fingerprint density at radius 2 is 1.86 bits per heavy atom.